The van der Waals surface area contributed by atoms with Gasteiger partial charge in [0.25, 0.3) is 0 Å². The third-order valence-electron chi connectivity index (χ3n) is 2.77. The molecule has 0 atom stereocenters. The molecule has 0 aliphatic heterocycles. The zero-order valence-corrected chi connectivity index (χ0v) is 10.0. The number of aliphatic hydroxyl groups is 1. The average Bonchev–Trinajstić information content (AvgIpc) is 2.75. The second-order valence-corrected chi connectivity index (χ2v) is 3.97. The van der Waals surface area contributed by atoms with Gasteiger partial charge in [0.2, 0.25) is 0 Å². The summed E-state index contributed by atoms with van der Waals surface area (Å²) >= 11 is 0. The molecule has 0 fully saturated rings. The Morgan fingerprint density at radius 1 is 1.41 bits per heavy atom. The molecule has 0 amide bonds. The topological polar surface area (TPSA) is 54.2 Å². The third-order valence-corrected chi connectivity index (χ3v) is 2.77. The van der Waals surface area contributed by atoms with Gasteiger partial charge in [-0.05, 0) is 6.07 Å². The first kappa shape index (κ1) is 11.6. The maximum absolute atomic E-state index is 9.27. The highest BCUT2D eigenvalue weighted by molar-refractivity contribution is 5.50. The lowest BCUT2D eigenvalue weighted by Crippen LogP contribution is -2.20. The number of pyridine rings is 1. The van der Waals surface area contributed by atoms with E-state index in [1.54, 1.807) is 18.6 Å². The highest BCUT2D eigenvalue weighted by Gasteiger charge is 2.09. The van der Waals surface area contributed by atoms with Crippen molar-refractivity contribution < 1.29 is 5.11 Å². The zero-order valence-electron chi connectivity index (χ0n) is 10.0. The molecule has 0 saturated carbocycles. The Balaban J connectivity index is 2.20. The maximum Gasteiger partial charge on any atom is 0.127 e. The van der Waals surface area contributed by atoms with Crippen LogP contribution in [0.2, 0.25) is 0 Å². The highest BCUT2D eigenvalue weighted by atomic mass is 16.3. The Labute approximate surface area is 100 Å². The first-order valence-electron chi connectivity index (χ1n) is 5.43. The summed E-state index contributed by atoms with van der Waals surface area (Å²) in [6, 6.07) is 1.82. The van der Waals surface area contributed by atoms with Crippen molar-refractivity contribution >= 4 is 5.69 Å². The van der Waals surface area contributed by atoms with Crippen molar-refractivity contribution in [3.05, 3.63) is 42.2 Å². The highest BCUT2D eigenvalue weighted by Crippen LogP contribution is 2.19. The Bertz CT molecular complexity index is 495. The Morgan fingerprint density at radius 3 is 2.88 bits per heavy atom. The molecule has 0 aliphatic carbocycles. The molecule has 5 heteroatoms. The summed E-state index contributed by atoms with van der Waals surface area (Å²) in [5, 5.41) is 9.27. The van der Waals surface area contributed by atoms with Crippen LogP contribution in [0.4, 0.5) is 5.69 Å². The monoisotopic (exact) mass is 232 g/mol. The summed E-state index contributed by atoms with van der Waals surface area (Å²) in [6.45, 7) is 0.699. The van der Waals surface area contributed by atoms with Gasteiger partial charge >= 0.3 is 0 Å². The largest absolute Gasteiger partial charge is 0.392 e. The summed E-state index contributed by atoms with van der Waals surface area (Å²) in [4.78, 5) is 10.4. The Kier molecular flexibility index (Phi) is 3.39. The smallest absolute Gasteiger partial charge is 0.127 e. The lowest BCUT2D eigenvalue weighted by atomic mass is 10.2. The van der Waals surface area contributed by atoms with Crippen LogP contribution < -0.4 is 4.90 Å². The van der Waals surface area contributed by atoms with Crippen LogP contribution in [0.25, 0.3) is 0 Å². The van der Waals surface area contributed by atoms with Gasteiger partial charge in [0.15, 0.2) is 0 Å². The molecule has 1 N–H and O–H groups in total. The van der Waals surface area contributed by atoms with E-state index in [2.05, 4.69) is 9.97 Å². The quantitative estimate of drug-likeness (QED) is 0.852. The van der Waals surface area contributed by atoms with Crippen LogP contribution in [0, 0.1) is 0 Å². The fourth-order valence-corrected chi connectivity index (χ4v) is 1.74. The normalized spacial score (nSPS) is 10.5. The van der Waals surface area contributed by atoms with Crippen molar-refractivity contribution in [1.29, 1.82) is 0 Å². The van der Waals surface area contributed by atoms with Crippen LogP contribution in [0.3, 0.4) is 0 Å². The van der Waals surface area contributed by atoms with Crippen LogP contribution in [0.1, 0.15) is 11.4 Å². The van der Waals surface area contributed by atoms with Crippen LogP contribution >= 0.6 is 0 Å². The third kappa shape index (κ3) is 2.45. The van der Waals surface area contributed by atoms with E-state index in [4.69, 9.17) is 0 Å². The molecule has 2 aromatic heterocycles. The molecule has 90 valence electrons. The number of anilines is 1. The molecule has 0 bridgehead atoms. The SMILES string of the molecule is CN(Cc1nccn1C)c1cnccc1CO. The van der Waals surface area contributed by atoms with Crippen LogP contribution in [-0.4, -0.2) is 26.7 Å². The number of aromatic nitrogens is 3. The van der Waals surface area contributed by atoms with Crippen molar-refractivity contribution in [1.82, 2.24) is 14.5 Å². The summed E-state index contributed by atoms with van der Waals surface area (Å²) in [6.07, 6.45) is 7.14. The van der Waals surface area contributed by atoms with Gasteiger partial charge in [-0.3, -0.25) is 4.98 Å². The summed E-state index contributed by atoms with van der Waals surface area (Å²) in [5.74, 6) is 0.972. The van der Waals surface area contributed by atoms with Crippen molar-refractivity contribution in [3.63, 3.8) is 0 Å². The number of rotatable bonds is 4. The van der Waals surface area contributed by atoms with E-state index in [0.29, 0.717) is 6.54 Å². The number of hydrogen-bond donors (Lipinski definition) is 1. The average molecular weight is 232 g/mol. The molecule has 0 unspecified atom stereocenters. The maximum atomic E-state index is 9.27. The van der Waals surface area contributed by atoms with E-state index in [9.17, 15) is 5.11 Å². The van der Waals surface area contributed by atoms with Crippen LogP contribution in [-0.2, 0) is 20.2 Å². The van der Waals surface area contributed by atoms with E-state index in [0.717, 1.165) is 17.1 Å². The minimum atomic E-state index is 0.0166. The number of aryl methyl sites for hydroxylation is 1. The van der Waals surface area contributed by atoms with Gasteiger partial charge in [0.05, 0.1) is 25.0 Å². The molecule has 2 aromatic rings. The Hall–Kier alpha value is -1.88. The van der Waals surface area contributed by atoms with Gasteiger partial charge in [-0.2, -0.15) is 0 Å². The van der Waals surface area contributed by atoms with E-state index in [1.165, 1.54) is 0 Å². The second-order valence-electron chi connectivity index (χ2n) is 3.97. The molecule has 2 rings (SSSR count). The number of nitrogens with zero attached hydrogens (tertiary/aromatic N) is 4. The molecule has 0 spiro atoms. The van der Waals surface area contributed by atoms with E-state index >= 15 is 0 Å². The fourth-order valence-electron chi connectivity index (χ4n) is 1.74. The summed E-state index contributed by atoms with van der Waals surface area (Å²) in [5.41, 5.74) is 1.80. The van der Waals surface area contributed by atoms with Crippen molar-refractivity contribution in [2.24, 2.45) is 7.05 Å². The van der Waals surface area contributed by atoms with Gasteiger partial charge < -0.3 is 14.6 Å². The van der Waals surface area contributed by atoms with E-state index in [-0.39, 0.29) is 6.61 Å². The molecule has 5 nitrogen and oxygen atoms in total. The first-order valence-corrected chi connectivity index (χ1v) is 5.43. The van der Waals surface area contributed by atoms with Gasteiger partial charge in [-0.1, -0.05) is 0 Å². The second kappa shape index (κ2) is 4.97. The molecule has 0 aromatic carbocycles. The van der Waals surface area contributed by atoms with Gasteiger partial charge in [0.1, 0.15) is 5.82 Å². The van der Waals surface area contributed by atoms with Gasteiger partial charge in [0, 0.05) is 38.2 Å². The van der Waals surface area contributed by atoms with Crippen LogP contribution in [0.5, 0.6) is 0 Å². The number of aliphatic hydroxyl groups excluding tert-OH is 1. The molecule has 0 saturated heterocycles. The number of imidazole rings is 1. The molecule has 0 radical (unpaired) electrons. The predicted molar refractivity (Wildman–Crippen MR) is 65.5 cm³/mol. The van der Waals surface area contributed by atoms with E-state index in [1.807, 2.05) is 35.8 Å². The molecular weight excluding hydrogens is 216 g/mol. The van der Waals surface area contributed by atoms with Crippen molar-refractivity contribution in [3.8, 4) is 0 Å². The van der Waals surface area contributed by atoms with E-state index < -0.39 is 0 Å². The van der Waals surface area contributed by atoms with Crippen molar-refractivity contribution in [2.75, 3.05) is 11.9 Å². The summed E-state index contributed by atoms with van der Waals surface area (Å²) in [7, 11) is 3.93. The van der Waals surface area contributed by atoms with Crippen LogP contribution in [0.15, 0.2) is 30.9 Å². The first-order chi connectivity index (χ1) is 8.22. The zero-order chi connectivity index (χ0) is 12.3. The van der Waals surface area contributed by atoms with Crippen molar-refractivity contribution in [2.45, 2.75) is 13.2 Å². The lowest BCUT2D eigenvalue weighted by Gasteiger charge is -2.20. The standard InChI is InChI=1S/C12H16N4O/c1-15-6-5-14-12(15)8-16(2)11-7-13-4-3-10(11)9-17/h3-7,17H,8-9H2,1-2H3. The number of hydrogen-bond acceptors (Lipinski definition) is 4. The minimum absolute atomic E-state index is 0.0166. The molecular formula is C12H16N4O. The molecule has 0 aliphatic rings. The molecule has 2 heterocycles. The lowest BCUT2D eigenvalue weighted by molar-refractivity contribution is 0.282. The predicted octanol–water partition coefficient (Wildman–Crippen LogP) is 0.944. The van der Waals surface area contributed by atoms with Gasteiger partial charge in [-0.15, -0.1) is 0 Å². The minimum Gasteiger partial charge on any atom is -0.392 e. The van der Waals surface area contributed by atoms with Gasteiger partial charge in [-0.25, -0.2) is 4.98 Å². The fraction of sp³-hybridized carbons (Fsp3) is 0.333. The summed E-state index contributed by atoms with van der Waals surface area (Å²) < 4.78 is 1.98. The molecule has 17 heavy (non-hydrogen) atoms. The Morgan fingerprint density at radius 2 is 2.24 bits per heavy atom.